The van der Waals surface area contributed by atoms with Crippen LogP contribution < -0.4 is 10.1 Å². The lowest BCUT2D eigenvalue weighted by Gasteiger charge is -2.20. The molecule has 0 saturated heterocycles. The lowest BCUT2D eigenvalue weighted by molar-refractivity contribution is -0.140. The van der Waals surface area contributed by atoms with Crippen molar-refractivity contribution in [1.82, 2.24) is 0 Å². The minimum atomic E-state index is -0.564. The van der Waals surface area contributed by atoms with Gasteiger partial charge >= 0.3 is 5.97 Å². The molecule has 1 heterocycles. The third kappa shape index (κ3) is 4.35. The molecule has 0 amide bonds. The number of hydrogen-bond acceptors (Lipinski definition) is 6. The standard InChI is InChI=1S/C21H23NO5/c1-3-25-21(26-4-2)14-7-5-8-15(13-14)27-20(24)16-9-6-10-17-19(16)18(23)11-12-22-17/h5-10,13,21-22H,3-4,11-12H2,1-2H3. The number of rotatable bonds is 7. The second-order valence-corrected chi connectivity index (χ2v) is 6.03. The van der Waals surface area contributed by atoms with E-state index in [9.17, 15) is 9.59 Å². The van der Waals surface area contributed by atoms with Crippen LogP contribution in [-0.2, 0) is 9.47 Å². The Balaban J connectivity index is 1.83. The van der Waals surface area contributed by atoms with E-state index in [1.807, 2.05) is 19.9 Å². The second kappa shape index (κ2) is 8.79. The average Bonchev–Trinajstić information content (AvgIpc) is 2.68. The van der Waals surface area contributed by atoms with Crippen molar-refractivity contribution in [2.24, 2.45) is 0 Å². The van der Waals surface area contributed by atoms with Crippen LogP contribution in [0.1, 0.15) is 52.8 Å². The summed E-state index contributed by atoms with van der Waals surface area (Å²) in [6, 6.07) is 12.2. The van der Waals surface area contributed by atoms with E-state index in [-0.39, 0.29) is 11.3 Å². The Kier molecular flexibility index (Phi) is 6.21. The van der Waals surface area contributed by atoms with Crippen LogP contribution in [0.2, 0.25) is 0 Å². The van der Waals surface area contributed by atoms with Crippen LogP contribution in [-0.4, -0.2) is 31.5 Å². The Morgan fingerprint density at radius 3 is 2.59 bits per heavy atom. The smallest absolute Gasteiger partial charge is 0.344 e. The Morgan fingerprint density at radius 2 is 1.85 bits per heavy atom. The van der Waals surface area contributed by atoms with Crippen LogP contribution >= 0.6 is 0 Å². The number of fused-ring (bicyclic) bond motifs is 1. The maximum atomic E-state index is 12.7. The molecule has 2 aromatic rings. The van der Waals surface area contributed by atoms with Crippen LogP contribution in [0.15, 0.2) is 42.5 Å². The molecule has 0 fully saturated rings. The summed E-state index contributed by atoms with van der Waals surface area (Å²) in [4.78, 5) is 25.0. The van der Waals surface area contributed by atoms with Gasteiger partial charge in [-0.15, -0.1) is 0 Å². The fraction of sp³-hybridized carbons (Fsp3) is 0.333. The predicted octanol–water partition coefficient (Wildman–Crippen LogP) is 3.98. The molecule has 6 nitrogen and oxygen atoms in total. The van der Waals surface area contributed by atoms with E-state index >= 15 is 0 Å². The third-order valence-electron chi connectivity index (χ3n) is 4.21. The fourth-order valence-corrected chi connectivity index (χ4v) is 3.04. The number of benzene rings is 2. The summed E-state index contributed by atoms with van der Waals surface area (Å²) in [6.07, 6.45) is -0.161. The maximum absolute atomic E-state index is 12.7. The molecule has 0 spiro atoms. The van der Waals surface area contributed by atoms with E-state index in [2.05, 4.69) is 5.32 Å². The number of nitrogens with one attached hydrogen (secondary N) is 1. The molecule has 0 atom stereocenters. The zero-order valence-corrected chi connectivity index (χ0v) is 15.5. The number of ether oxygens (including phenoxy) is 3. The van der Waals surface area contributed by atoms with Gasteiger partial charge in [0.05, 0.1) is 11.1 Å². The topological polar surface area (TPSA) is 73.9 Å². The van der Waals surface area contributed by atoms with Gasteiger partial charge in [0.15, 0.2) is 12.1 Å². The zero-order chi connectivity index (χ0) is 19.2. The van der Waals surface area contributed by atoms with Gasteiger partial charge in [0.25, 0.3) is 0 Å². The minimum Gasteiger partial charge on any atom is -0.423 e. The van der Waals surface area contributed by atoms with E-state index in [1.165, 1.54) is 0 Å². The molecule has 1 aliphatic rings. The number of carbonyl (C=O) groups excluding carboxylic acids is 2. The molecule has 0 unspecified atom stereocenters. The SMILES string of the molecule is CCOC(OCC)c1cccc(OC(=O)c2cccc3c2C(=O)CCN3)c1. The number of ketones is 1. The van der Waals surface area contributed by atoms with Gasteiger partial charge < -0.3 is 19.5 Å². The Bertz CT molecular complexity index is 827. The highest BCUT2D eigenvalue weighted by molar-refractivity contribution is 6.11. The third-order valence-corrected chi connectivity index (χ3v) is 4.21. The van der Waals surface area contributed by atoms with Crippen molar-refractivity contribution in [3.05, 3.63) is 59.2 Å². The minimum absolute atomic E-state index is 0.0576. The van der Waals surface area contributed by atoms with E-state index in [0.29, 0.717) is 43.2 Å². The molecule has 0 bridgehead atoms. The van der Waals surface area contributed by atoms with E-state index in [0.717, 1.165) is 5.56 Å². The number of esters is 1. The maximum Gasteiger partial charge on any atom is 0.344 e. The summed E-state index contributed by atoms with van der Waals surface area (Å²) < 4.78 is 16.7. The summed E-state index contributed by atoms with van der Waals surface area (Å²) >= 11 is 0. The molecular formula is C21H23NO5. The molecule has 1 N–H and O–H groups in total. The van der Waals surface area contributed by atoms with Gasteiger partial charge in [0, 0.05) is 37.4 Å². The normalized spacial score (nSPS) is 13.2. The van der Waals surface area contributed by atoms with Crippen molar-refractivity contribution in [2.45, 2.75) is 26.6 Å². The number of hydrogen-bond donors (Lipinski definition) is 1. The molecule has 1 aliphatic heterocycles. The number of Topliss-reactive ketones (excluding diaryl/α,β-unsaturated/α-hetero) is 1. The van der Waals surface area contributed by atoms with Crippen LogP contribution in [0.4, 0.5) is 5.69 Å². The van der Waals surface area contributed by atoms with Crippen molar-refractivity contribution in [1.29, 1.82) is 0 Å². The first-order chi connectivity index (χ1) is 13.1. The summed E-state index contributed by atoms with van der Waals surface area (Å²) in [6.45, 7) is 5.35. The predicted molar refractivity (Wildman–Crippen MR) is 101 cm³/mol. The lowest BCUT2D eigenvalue weighted by Crippen LogP contribution is -2.22. The molecule has 6 heteroatoms. The Hall–Kier alpha value is -2.70. The molecule has 0 aromatic heterocycles. The van der Waals surface area contributed by atoms with E-state index in [1.54, 1.807) is 36.4 Å². The van der Waals surface area contributed by atoms with Crippen LogP contribution in [0.5, 0.6) is 5.75 Å². The second-order valence-electron chi connectivity index (χ2n) is 6.03. The highest BCUT2D eigenvalue weighted by Gasteiger charge is 2.25. The lowest BCUT2D eigenvalue weighted by atomic mass is 9.96. The molecule has 3 rings (SSSR count). The molecule has 0 saturated carbocycles. The van der Waals surface area contributed by atoms with Gasteiger partial charge in [-0.05, 0) is 38.1 Å². The molecule has 2 aromatic carbocycles. The quantitative estimate of drug-likeness (QED) is 0.452. The molecule has 142 valence electrons. The summed E-state index contributed by atoms with van der Waals surface area (Å²) in [5.41, 5.74) is 2.09. The first-order valence-electron chi connectivity index (χ1n) is 9.09. The van der Waals surface area contributed by atoms with Gasteiger partial charge in [0.2, 0.25) is 0 Å². The number of anilines is 1. The first-order valence-corrected chi connectivity index (χ1v) is 9.09. The molecule has 0 aliphatic carbocycles. The summed E-state index contributed by atoms with van der Waals surface area (Å²) in [5.74, 6) is -0.251. The zero-order valence-electron chi connectivity index (χ0n) is 15.5. The Morgan fingerprint density at radius 1 is 1.11 bits per heavy atom. The summed E-state index contributed by atoms with van der Waals surface area (Å²) in [5, 5.41) is 3.14. The van der Waals surface area contributed by atoms with Crippen molar-refractivity contribution >= 4 is 17.4 Å². The van der Waals surface area contributed by atoms with Gasteiger partial charge in [0.1, 0.15) is 5.75 Å². The van der Waals surface area contributed by atoms with Gasteiger partial charge in [-0.1, -0.05) is 18.2 Å². The first kappa shape index (κ1) is 19.1. The van der Waals surface area contributed by atoms with Gasteiger partial charge in [-0.25, -0.2) is 4.79 Å². The van der Waals surface area contributed by atoms with E-state index in [4.69, 9.17) is 14.2 Å². The largest absolute Gasteiger partial charge is 0.423 e. The molecule has 0 radical (unpaired) electrons. The van der Waals surface area contributed by atoms with Crippen molar-refractivity contribution < 1.29 is 23.8 Å². The fourth-order valence-electron chi connectivity index (χ4n) is 3.04. The Labute approximate surface area is 158 Å². The highest BCUT2D eigenvalue weighted by Crippen LogP contribution is 2.28. The number of carbonyl (C=O) groups is 2. The van der Waals surface area contributed by atoms with Crippen molar-refractivity contribution in [3.63, 3.8) is 0 Å². The highest BCUT2D eigenvalue weighted by atomic mass is 16.7. The molecular weight excluding hydrogens is 346 g/mol. The molecule has 27 heavy (non-hydrogen) atoms. The van der Waals surface area contributed by atoms with E-state index < -0.39 is 12.3 Å². The van der Waals surface area contributed by atoms with Crippen LogP contribution in [0, 0.1) is 0 Å². The monoisotopic (exact) mass is 369 g/mol. The summed E-state index contributed by atoms with van der Waals surface area (Å²) in [7, 11) is 0. The average molecular weight is 369 g/mol. The van der Waals surface area contributed by atoms with Crippen molar-refractivity contribution in [2.75, 3.05) is 25.1 Å². The van der Waals surface area contributed by atoms with Crippen LogP contribution in [0.25, 0.3) is 0 Å². The van der Waals surface area contributed by atoms with Gasteiger partial charge in [-0.2, -0.15) is 0 Å². The van der Waals surface area contributed by atoms with Crippen molar-refractivity contribution in [3.8, 4) is 5.75 Å². The van der Waals surface area contributed by atoms with Crippen LogP contribution in [0.3, 0.4) is 0 Å². The van der Waals surface area contributed by atoms with Gasteiger partial charge in [-0.3, -0.25) is 4.79 Å².